The second-order valence-electron chi connectivity index (χ2n) is 14.8. The maximum atomic E-state index is 14.2. The number of hydrogen-bond acceptors (Lipinski definition) is 13. The molecule has 0 aliphatic carbocycles. The number of carbonyl (C=O) groups excluding carboxylic acids is 4. The second-order valence-corrected chi connectivity index (χ2v) is 14.8. The molecule has 0 amide bonds. The Bertz CT molecular complexity index is 1480. The van der Waals surface area contributed by atoms with E-state index in [-0.39, 0.29) is 84.3 Å². The first kappa shape index (κ1) is 47.6. The standard InChI is InChI=1S/C42H60O14/c1-32(33-13-9-7-10-14-33)29-41(4,38(47)56-28-26-53-36(45)18-17-35(43)44)31-42(5,39(48)55-24-23-51-22-21-50-20-19-49-6)30-40(2,3)37(46)54-27-25-52-34-15-11-8-12-16-34/h7-16,32H,17-31H2,1-6H3,(H,43,44). The molecule has 0 spiro atoms. The summed E-state index contributed by atoms with van der Waals surface area (Å²) >= 11 is 0. The molecular weight excluding hydrogens is 728 g/mol. The second kappa shape index (κ2) is 24.9. The first-order valence-electron chi connectivity index (χ1n) is 18.9. The van der Waals surface area contributed by atoms with Gasteiger partial charge >= 0.3 is 29.8 Å². The summed E-state index contributed by atoms with van der Waals surface area (Å²) in [5.74, 6) is -3.24. The third-order valence-electron chi connectivity index (χ3n) is 8.99. The molecule has 0 aliphatic rings. The number of benzene rings is 2. The number of carboxylic acids is 1. The smallest absolute Gasteiger partial charge is 0.311 e. The van der Waals surface area contributed by atoms with Gasteiger partial charge in [0, 0.05) is 7.11 Å². The van der Waals surface area contributed by atoms with Gasteiger partial charge in [0.2, 0.25) is 0 Å². The van der Waals surface area contributed by atoms with E-state index in [1.807, 2.05) is 55.5 Å². The molecule has 1 N–H and O–H groups in total. The van der Waals surface area contributed by atoms with Gasteiger partial charge in [0.05, 0.1) is 62.1 Å². The lowest BCUT2D eigenvalue weighted by atomic mass is 9.63. The topological polar surface area (TPSA) is 179 Å². The van der Waals surface area contributed by atoms with Crippen LogP contribution >= 0.6 is 0 Å². The van der Waals surface area contributed by atoms with Crippen molar-refractivity contribution in [2.45, 2.75) is 72.6 Å². The van der Waals surface area contributed by atoms with Crippen LogP contribution in [0.25, 0.3) is 0 Å². The molecule has 312 valence electrons. The average molecular weight is 789 g/mol. The van der Waals surface area contributed by atoms with Gasteiger partial charge in [-0.1, -0.05) is 55.5 Å². The molecule has 0 aromatic heterocycles. The molecule has 0 bridgehead atoms. The van der Waals surface area contributed by atoms with Gasteiger partial charge in [-0.3, -0.25) is 24.0 Å². The lowest BCUT2D eigenvalue weighted by Crippen LogP contribution is -2.45. The molecule has 3 unspecified atom stereocenters. The van der Waals surface area contributed by atoms with E-state index in [9.17, 15) is 24.0 Å². The van der Waals surface area contributed by atoms with Crippen molar-refractivity contribution in [3.8, 4) is 5.75 Å². The van der Waals surface area contributed by atoms with Crippen molar-refractivity contribution in [1.29, 1.82) is 0 Å². The van der Waals surface area contributed by atoms with Gasteiger partial charge in [-0.05, 0) is 70.6 Å². The Labute approximate surface area is 330 Å². The summed E-state index contributed by atoms with van der Waals surface area (Å²) in [4.78, 5) is 64.5. The highest BCUT2D eigenvalue weighted by atomic mass is 16.6. The molecule has 14 nitrogen and oxygen atoms in total. The highest BCUT2D eigenvalue weighted by Gasteiger charge is 2.51. The zero-order valence-electron chi connectivity index (χ0n) is 33.7. The van der Waals surface area contributed by atoms with Crippen LogP contribution in [0.1, 0.15) is 78.2 Å². The van der Waals surface area contributed by atoms with Crippen LogP contribution in [0.5, 0.6) is 5.75 Å². The van der Waals surface area contributed by atoms with E-state index < -0.39 is 46.1 Å². The summed E-state index contributed by atoms with van der Waals surface area (Å²) in [7, 11) is 1.58. The number of aliphatic carboxylic acids is 1. The average Bonchev–Trinajstić information content (AvgIpc) is 3.16. The van der Waals surface area contributed by atoms with Crippen LogP contribution in [0, 0.1) is 16.2 Å². The Morgan fingerprint density at radius 2 is 1.09 bits per heavy atom. The number of carbonyl (C=O) groups is 5. The Kier molecular flexibility index (Phi) is 21.2. The van der Waals surface area contributed by atoms with E-state index in [1.54, 1.807) is 46.9 Å². The van der Waals surface area contributed by atoms with Gasteiger partial charge in [-0.25, -0.2) is 0 Å². The number of ether oxygens (including phenoxy) is 8. The van der Waals surface area contributed by atoms with Crippen LogP contribution < -0.4 is 4.74 Å². The Hall–Kier alpha value is -4.53. The van der Waals surface area contributed by atoms with Crippen LogP contribution in [0.15, 0.2) is 60.7 Å². The molecule has 2 aromatic rings. The van der Waals surface area contributed by atoms with Crippen LogP contribution in [-0.4, -0.2) is 108 Å². The molecule has 3 atom stereocenters. The number of methoxy groups -OCH3 is 1. The zero-order valence-corrected chi connectivity index (χ0v) is 33.7. The highest BCUT2D eigenvalue weighted by molar-refractivity contribution is 5.83. The molecule has 56 heavy (non-hydrogen) atoms. The van der Waals surface area contributed by atoms with Gasteiger partial charge < -0.3 is 43.0 Å². The predicted octanol–water partition coefficient (Wildman–Crippen LogP) is 5.80. The minimum absolute atomic E-state index is 0.0235. The lowest BCUT2D eigenvalue weighted by Gasteiger charge is -2.40. The minimum atomic E-state index is -1.42. The Balaban J connectivity index is 2.28. The quantitative estimate of drug-likeness (QED) is 0.0594. The number of hydrogen-bond donors (Lipinski definition) is 1. The van der Waals surface area contributed by atoms with E-state index >= 15 is 0 Å². The monoisotopic (exact) mass is 788 g/mol. The third-order valence-corrected chi connectivity index (χ3v) is 8.99. The molecule has 0 saturated heterocycles. The van der Waals surface area contributed by atoms with Crippen molar-refractivity contribution in [2.75, 3.05) is 73.2 Å². The largest absolute Gasteiger partial charge is 0.490 e. The van der Waals surface area contributed by atoms with Crippen molar-refractivity contribution in [3.05, 3.63) is 66.2 Å². The summed E-state index contributed by atoms with van der Waals surface area (Å²) in [6.45, 7) is 9.73. The molecule has 0 radical (unpaired) electrons. The summed E-state index contributed by atoms with van der Waals surface area (Å²) in [5, 5.41) is 8.83. The Morgan fingerprint density at radius 1 is 0.589 bits per heavy atom. The maximum Gasteiger partial charge on any atom is 0.311 e. The van der Waals surface area contributed by atoms with Crippen LogP contribution in [0.2, 0.25) is 0 Å². The molecule has 14 heteroatoms. The van der Waals surface area contributed by atoms with E-state index in [4.69, 9.17) is 43.0 Å². The number of rotatable bonds is 29. The van der Waals surface area contributed by atoms with Crippen molar-refractivity contribution >= 4 is 29.8 Å². The van der Waals surface area contributed by atoms with E-state index in [0.717, 1.165) is 5.56 Å². The summed E-state index contributed by atoms with van der Waals surface area (Å²) < 4.78 is 43.7. The Morgan fingerprint density at radius 3 is 1.70 bits per heavy atom. The van der Waals surface area contributed by atoms with Gasteiger partial charge in [0.1, 0.15) is 38.8 Å². The van der Waals surface area contributed by atoms with Gasteiger partial charge in [0.15, 0.2) is 0 Å². The van der Waals surface area contributed by atoms with E-state index in [2.05, 4.69) is 0 Å². The first-order valence-corrected chi connectivity index (χ1v) is 18.9. The van der Waals surface area contributed by atoms with Crippen LogP contribution in [-0.2, 0) is 57.1 Å². The molecule has 0 fully saturated rings. The minimum Gasteiger partial charge on any atom is -0.490 e. The van der Waals surface area contributed by atoms with Crippen molar-refractivity contribution in [2.24, 2.45) is 16.2 Å². The summed E-state index contributed by atoms with van der Waals surface area (Å²) in [6, 6.07) is 18.7. The first-order chi connectivity index (χ1) is 26.6. The van der Waals surface area contributed by atoms with Crippen molar-refractivity contribution in [1.82, 2.24) is 0 Å². The number of carboxylic acid groups (broad SMARTS) is 1. The molecule has 2 rings (SSSR count). The van der Waals surface area contributed by atoms with Gasteiger partial charge in [-0.15, -0.1) is 0 Å². The van der Waals surface area contributed by atoms with Crippen molar-refractivity contribution < 1.29 is 67.0 Å². The summed E-state index contributed by atoms with van der Waals surface area (Å²) in [6.07, 6.45) is -0.569. The number of esters is 4. The zero-order chi connectivity index (χ0) is 41.5. The molecule has 0 heterocycles. The highest BCUT2D eigenvalue weighted by Crippen LogP contribution is 2.48. The summed E-state index contributed by atoms with van der Waals surface area (Å²) in [5.41, 5.74) is -2.97. The fourth-order valence-electron chi connectivity index (χ4n) is 6.50. The van der Waals surface area contributed by atoms with Crippen LogP contribution in [0.3, 0.4) is 0 Å². The third kappa shape index (κ3) is 17.9. The normalized spacial score (nSPS) is 14.0. The molecule has 0 aliphatic heterocycles. The maximum absolute atomic E-state index is 14.2. The fourth-order valence-corrected chi connectivity index (χ4v) is 6.50. The van der Waals surface area contributed by atoms with E-state index in [1.165, 1.54) is 0 Å². The van der Waals surface area contributed by atoms with E-state index in [0.29, 0.717) is 25.6 Å². The molecule has 0 saturated carbocycles. The number of para-hydroxylation sites is 1. The van der Waals surface area contributed by atoms with Gasteiger partial charge in [-0.2, -0.15) is 0 Å². The lowest BCUT2D eigenvalue weighted by molar-refractivity contribution is -0.171. The fraction of sp³-hybridized carbons (Fsp3) is 0.595. The SMILES string of the molecule is COCCOCCOCCOC(=O)C(C)(CC(C)(C)C(=O)OCCOc1ccccc1)CC(C)(CC(C)c1ccccc1)C(=O)OCCOC(=O)CCC(=O)O. The molecule has 2 aromatic carbocycles. The predicted molar refractivity (Wildman–Crippen MR) is 205 cm³/mol. The van der Waals surface area contributed by atoms with Crippen molar-refractivity contribution in [3.63, 3.8) is 0 Å². The molecular formula is C42H60O14. The van der Waals surface area contributed by atoms with Gasteiger partial charge in [0.25, 0.3) is 0 Å². The van der Waals surface area contributed by atoms with Crippen LogP contribution in [0.4, 0.5) is 0 Å².